The van der Waals surface area contributed by atoms with Crippen molar-refractivity contribution in [3.8, 4) is 0 Å². The number of halogens is 1. The van der Waals surface area contributed by atoms with Crippen molar-refractivity contribution in [3.05, 3.63) is 87.9 Å². The fraction of sp³-hybridized carbons (Fsp3) is 0.0952. The van der Waals surface area contributed by atoms with Crippen LogP contribution in [-0.4, -0.2) is 14.3 Å². The van der Waals surface area contributed by atoms with Gasteiger partial charge in [0.15, 0.2) is 0 Å². The smallest absolute Gasteiger partial charge is 0.261 e. The standard InChI is InChI=1S/C21H19BrN2O3S/c1-14-10-12-16(13-11-14)28(26,27)24-19-9-5-6-17(15(19)2)21(25)23-20-8-4-3-7-18(20)22/h3-13,24H,1-2H3,(H,23,25). The zero-order valence-corrected chi connectivity index (χ0v) is 17.8. The summed E-state index contributed by atoms with van der Waals surface area (Å²) in [7, 11) is -3.75. The van der Waals surface area contributed by atoms with E-state index in [4.69, 9.17) is 0 Å². The Balaban J connectivity index is 1.87. The molecule has 5 nitrogen and oxygen atoms in total. The number of para-hydroxylation sites is 1. The van der Waals surface area contributed by atoms with Crippen LogP contribution in [0, 0.1) is 13.8 Å². The average molecular weight is 459 g/mol. The maximum absolute atomic E-state index is 12.7. The van der Waals surface area contributed by atoms with Crippen molar-refractivity contribution in [2.75, 3.05) is 10.0 Å². The first-order valence-corrected chi connectivity index (χ1v) is 10.8. The Labute approximate surface area is 173 Å². The molecule has 0 aromatic heterocycles. The van der Waals surface area contributed by atoms with Gasteiger partial charge >= 0.3 is 0 Å². The van der Waals surface area contributed by atoms with Crippen LogP contribution in [-0.2, 0) is 10.0 Å². The molecule has 0 atom stereocenters. The van der Waals surface area contributed by atoms with Gasteiger partial charge in [0.1, 0.15) is 0 Å². The molecule has 144 valence electrons. The van der Waals surface area contributed by atoms with E-state index in [9.17, 15) is 13.2 Å². The predicted octanol–water partition coefficient (Wildman–Crippen LogP) is 5.12. The number of rotatable bonds is 5. The molecule has 3 aromatic carbocycles. The zero-order valence-electron chi connectivity index (χ0n) is 15.4. The van der Waals surface area contributed by atoms with Gasteiger partial charge in [0, 0.05) is 10.0 Å². The number of sulfonamides is 1. The molecular weight excluding hydrogens is 440 g/mol. The Bertz CT molecular complexity index is 1130. The van der Waals surface area contributed by atoms with Crippen molar-refractivity contribution in [2.24, 2.45) is 0 Å². The van der Waals surface area contributed by atoms with Gasteiger partial charge in [0.25, 0.3) is 15.9 Å². The topological polar surface area (TPSA) is 75.3 Å². The summed E-state index contributed by atoms with van der Waals surface area (Å²) in [5.74, 6) is -0.319. The van der Waals surface area contributed by atoms with Crippen molar-refractivity contribution in [1.29, 1.82) is 0 Å². The molecule has 28 heavy (non-hydrogen) atoms. The maximum atomic E-state index is 12.7. The third-order valence-electron chi connectivity index (χ3n) is 4.28. The van der Waals surface area contributed by atoms with Crippen molar-refractivity contribution >= 4 is 43.2 Å². The summed E-state index contributed by atoms with van der Waals surface area (Å²) in [5.41, 5.74) is 2.90. The second kappa shape index (κ2) is 8.16. The van der Waals surface area contributed by atoms with Crippen molar-refractivity contribution < 1.29 is 13.2 Å². The van der Waals surface area contributed by atoms with Gasteiger partial charge < -0.3 is 5.32 Å². The van der Waals surface area contributed by atoms with Gasteiger partial charge in [-0.2, -0.15) is 0 Å². The Hall–Kier alpha value is -2.64. The van der Waals surface area contributed by atoms with E-state index in [1.807, 2.05) is 25.1 Å². The van der Waals surface area contributed by atoms with Crippen molar-refractivity contribution in [1.82, 2.24) is 0 Å². The third-order valence-corrected chi connectivity index (χ3v) is 6.35. The molecule has 0 aliphatic rings. The molecule has 7 heteroatoms. The van der Waals surface area contributed by atoms with E-state index in [1.165, 1.54) is 0 Å². The van der Waals surface area contributed by atoms with E-state index < -0.39 is 10.0 Å². The first kappa shape index (κ1) is 20.1. The van der Waals surface area contributed by atoms with E-state index in [-0.39, 0.29) is 10.8 Å². The summed E-state index contributed by atoms with van der Waals surface area (Å²) in [6.07, 6.45) is 0. The van der Waals surface area contributed by atoms with Crippen LogP contribution in [0.1, 0.15) is 21.5 Å². The zero-order chi connectivity index (χ0) is 20.3. The summed E-state index contributed by atoms with van der Waals surface area (Å²) in [6.45, 7) is 3.60. The number of carbonyl (C=O) groups is 1. The van der Waals surface area contributed by atoms with E-state index in [0.29, 0.717) is 22.5 Å². The van der Waals surface area contributed by atoms with E-state index in [0.717, 1.165) is 10.0 Å². The molecule has 0 radical (unpaired) electrons. The van der Waals surface area contributed by atoms with Crippen LogP contribution in [0.5, 0.6) is 0 Å². The number of nitrogens with one attached hydrogen (secondary N) is 2. The van der Waals surface area contributed by atoms with Gasteiger partial charge in [-0.1, -0.05) is 35.9 Å². The minimum atomic E-state index is -3.75. The maximum Gasteiger partial charge on any atom is 0.261 e. The van der Waals surface area contributed by atoms with E-state index in [1.54, 1.807) is 55.5 Å². The Morgan fingerprint density at radius 1 is 0.857 bits per heavy atom. The van der Waals surface area contributed by atoms with Gasteiger partial charge in [-0.05, 0) is 71.7 Å². The van der Waals surface area contributed by atoms with E-state index in [2.05, 4.69) is 26.0 Å². The number of aryl methyl sites for hydroxylation is 1. The molecule has 1 amide bonds. The van der Waals surface area contributed by atoms with Crippen LogP contribution >= 0.6 is 15.9 Å². The Morgan fingerprint density at radius 2 is 1.50 bits per heavy atom. The number of amides is 1. The summed E-state index contributed by atoms with van der Waals surface area (Å²) in [5, 5.41) is 2.83. The summed E-state index contributed by atoms with van der Waals surface area (Å²) in [4.78, 5) is 12.9. The monoisotopic (exact) mass is 458 g/mol. The minimum Gasteiger partial charge on any atom is -0.321 e. The molecule has 0 unspecified atom stereocenters. The van der Waals surface area contributed by atoms with Gasteiger partial charge in [-0.3, -0.25) is 9.52 Å². The molecule has 3 rings (SSSR count). The fourth-order valence-corrected chi connectivity index (χ4v) is 4.17. The molecule has 2 N–H and O–H groups in total. The number of hydrogen-bond donors (Lipinski definition) is 2. The molecular formula is C21H19BrN2O3S. The molecule has 0 fully saturated rings. The molecule has 3 aromatic rings. The second-order valence-electron chi connectivity index (χ2n) is 6.33. The number of hydrogen-bond acceptors (Lipinski definition) is 3. The highest BCUT2D eigenvalue weighted by atomic mass is 79.9. The molecule has 0 saturated heterocycles. The van der Waals surface area contributed by atoms with Crippen LogP contribution in [0.15, 0.2) is 76.1 Å². The third kappa shape index (κ3) is 4.43. The summed E-state index contributed by atoms with van der Waals surface area (Å²) >= 11 is 3.39. The summed E-state index contributed by atoms with van der Waals surface area (Å²) < 4.78 is 28.7. The lowest BCUT2D eigenvalue weighted by Crippen LogP contribution is -2.17. The fourth-order valence-electron chi connectivity index (χ4n) is 2.67. The minimum absolute atomic E-state index is 0.167. The predicted molar refractivity (Wildman–Crippen MR) is 115 cm³/mol. The van der Waals surface area contributed by atoms with Gasteiger partial charge in [-0.25, -0.2) is 8.42 Å². The average Bonchev–Trinajstić information content (AvgIpc) is 2.65. The van der Waals surface area contributed by atoms with Crippen molar-refractivity contribution in [3.63, 3.8) is 0 Å². The molecule has 0 heterocycles. The number of anilines is 2. The Morgan fingerprint density at radius 3 is 2.18 bits per heavy atom. The SMILES string of the molecule is Cc1ccc(S(=O)(=O)Nc2cccc(C(=O)Nc3ccccc3Br)c2C)cc1. The highest BCUT2D eigenvalue weighted by molar-refractivity contribution is 9.10. The Kier molecular flexibility index (Phi) is 5.86. The molecule has 0 aliphatic heterocycles. The first-order valence-electron chi connectivity index (χ1n) is 8.53. The van der Waals surface area contributed by atoms with E-state index >= 15 is 0 Å². The summed E-state index contributed by atoms with van der Waals surface area (Å²) in [6, 6.07) is 18.8. The number of benzene rings is 3. The van der Waals surface area contributed by atoms with Crippen molar-refractivity contribution in [2.45, 2.75) is 18.7 Å². The van der Waals surface area contributed by atoms with Crippen LogP contribution in [0.4, 0.5) is 11.4 Å². The largest absolute Gasteiger partial charge is 0.321 e. The lowest BCUT2D eigenvalue weighted by molar-refractivity contribution is 0.102. The quantitative estimate of drug-likeness (QED) is 0.556. The lowest BCUT2D eigenvalue weighted by Gasteiger charge is -2.14. The van der Waals surface area contributed by atoms with Crippen LogP contribution in [0.2, 0.25) is 0 Å². The normalized spacial score (nSPS) is 11.1. The van der Waals surface area contributed by atoms with Crippen LogP contribution < -0.4 is 10.0 Å². The van der Waals surface area contributed by atoms with Crippen LogP contribution in [0.3, 0.4) is 0 Å². The van der Waals surface area contributed by atoms with Gasteiger partial charge in [-0.15, -0.1) is 0 Å². The van der Waals surface area contributed by atoms with Gasteiger partial charge in [0.05, 0.1) is 16.3 Å². The highest BCUT2D eigenvalue weighted by Crippen LogP contribution is 2.25. The molecule has 0 spiro atoms. The molecule has 0 saturated carbocycles. The lowest BCUT2D eigenvalue weighted by atomic mass is 10.1. The molecule has 0 aliphatic carbocycles. The van der Waals surface area contributed by atoms with Crippen LogP contribution in [0.25, 0.3) is 0 Å². The van der Waals surface area contributed by atoms with Gasteiger partial charge in [0.2, 0.25) is 0 Å². The highest BCUT2D eigenvalue weighted by Gasteiger charge is 2.18. The second-order valence-corrected chi connectivity index (χ2v) is 8.87. The number of carbonyl (C=O) groups excluding carboxylic acids is 1. The molecule has 0 bridgehead atoms. The first-order chi connectivity index (χ1) is 13.3.